The molecule has 0 aliphatic heterocycles. The molecule has 0 radical (unpaired) electrons. The van der Waals surface area contributed by atoms with Crippen LogP contribution >= 0.6 is 0 Å². The Balaban J connectivity index is 1.80. The average Bonchev–Trinajstić information content (AvgIpc) is 3.09. The Morgan fingerprint density at radius 3 is 3.00 bits per heavy atom. The van der Waals surface area contributed by atoms with Crippen molar-refractivity contribution in [2.45, 2.75) is 13.1 Å². The summed E-state index contributed by atoms with van der Waals surface area (Å²) < 4.78 is 7.96. The third kappa shape index (κ3) is 2.45. The van der Waals surface area contributed by atoms with Gasteiger partial charge in [-0.2, -0.15) is 0 Å². The maximum atomic E-state index is 12.1. The van der Waals surface area contributed by atoms with E-state index in [1.54, 1.807) is 43.8 Å². The van der Waals surface area contributed by atoms with Crippen LogP contribution in [0.1, 0.15) is 5.76 Å². The normalized spacial score (nSPS) is 10.9. The van der Waals surface area contributed by atoms with Crippen LogP contribution < -0.4 is 11.0 Å². The quantitative estimate of drug-likeness (QED) is 0.763. The highest BCUT2D eigenvalue weighted by atomic mass is 16.3. The topological polar surface area (TPSA) is 82.1 Å². The number of hydrogen-bond donors (Lipinski definition) is 1. The number of rotatable bonds is 4. The lowest BCUT2D eigenvalue weighted by Crippen LogP contribution is -2.32. The number of nitrogens with one attached hydrogen (secondary N) is 1. The van der Waals surface area contributed by atoms with Crippen LogP contribution in [0, 0.1) is 0 Å². The van der Waals surface area contributed by atoms with Gasteiger partial charge in [-0.3, -0.25) is 13.9 Å². The lowest BCUT2D eigenvalue weighted by molar-refractivity contribution is -0.121. The number of aromatic nitrogens is 3. The van der Waals surface area contributed by atoms with Gasteiger partial charge in [-0.25, -0.2) is 9.78 Å². The molecule has 0 bridgehead atoms. The molecule has 21 heavy (non-hydrogen) atoms. The average molecular weight is 286 g/mol. The van der Waals surface area contributed by atoms with E-state index in [9.17, 15) is 9.59 Å². The second kappa shape index (κ2) is 5.28. The SMILES string of the molecule is Cn1c(=O)n(CC(=O)NCc2ccco2)c2cccnc21. The molecular weight excluding hydrogens is 272 g/mol. The van der Waals surface area contributed by atoms with Crippen molar-refractivity contribution in [3.63, 3.8) is 0 Å². The second-order valence-electron chi connectivity index (χ2n) is 4.63. The number of carbonyl (C=O) groups excluding carboxylic acids is 1. The van der Waals surface area contributed by atoms with E-state index in [4.69, 9.17) is 4.42 Å². The van der Waals surface area contributed by atoms with Gasteiger partial charge in [0.2, 0.25) is 5.91 Å². The van der Waals surface area contributed by atoms with Gasteiger partial charge < -0.3 is 9.73 Å². The standard InChI is InChI=1S/C14H14N4O3/c1-17-13-11(5-2-6-15-13)18(14(17)20)9-12(19)16-8-10-4-3-7-21-10/h2-7H,8-9H2,1H3,(H,16,19). The van der Waals surface area contributed by atoms with Crippen LogP contribution in [0.4, 0.5) is 0 Å². The molecule has 0 fully saturated rings. The highest BCUT2D eigenvalue weighted by Gasteiger charge is 2.14. The minimum Gasteiger partial charge on any atom is -0.467 e. The first-order chi connectivity index (χ1) is 10.2. The molecule has 0 aliphatic carbocycles. The van der Waals surface area contributed by atoms with Gasteiger partial charge in [-0.15, -0.1) is 0 Å². The summed E-state index contributed by atoms with van der Waals surface area (Å²) in [6.07, 6.45) is 3.16. The molecule has 108 valence electrons. The fraction of sp³-hybridized carbons (Fsp3) is 0.214. The molecule has 3 rings (SSSR count). The fourth-order valence-corrected chi connectivity index (χ4v) is 2.18. The van der Waals surface area contributed by atoms with E-state index in [1.807, 2.05) is 0 Å². The van der Waals surface area contributed by atoms with Crippen LogP contribution in [-0.2, 0) is 24.9 Å². The molecule has 3 heterocycles. The van der Waals surface area contributed by atoms with Crippen molar-refractivity contribution in [3.05, 3.63) is 53.0 Å². The first kappa shape index (κ1) is 13.2. The van der Waals surface area contributed by atoms with Crippen molar-refractivity contribution in [3.8, 4) is 0 Å². The van der Waals surface area contributed by atoms with Crippen molar-refractivity contribution in [2.24, 2.45) is 7.05 Å². The molecule has 3 aromatic rings. The molecule has 7 nitrogen and oxygen atoms in total. The van der Waals surface area contributed by atoms with E-state index in [-0.39, 0.29) is 18.1 Å². The van der Waals surface area contributed by atoms with E-state index in [0.717, 1.165) is 0 Å². The van der Waals surface area contributed by atoms with Gasteiger partial charge in [0.1, 0.15) is 12.3 Å². The Hall–Kier alpha value is -2.83. The van der Waals surface area contributed by atoms with Crippen LogP contribution in [0.3, 0.4) is 0 Å². The van der Waals surface area contributed by atoms with Crippen LogP contribution in [0.5, 0.6) is 0 Å². The summed E-state index contributed by atoms with van der Waals surface area (Å²) in [7, 11) is 1.63. The Kier molecular flexibility index (Phi) is 3.31. The summed E-state index contributed by atoms with van der Waals surface area (Å²) in [5.74, 6) is 0.403. The van der Waals surface area contributed by atoms with Crippen LogP contribution in [0.15, 0.2) is 45.9 Å². The summed E-state index contributed by atoms with van der Waals surface area (Å²) in [5.41, 5.74) is 0.927. The predicted molar refractivity (Wildman–Crippen MR) is 75.5 cm³/mol. The number of hydrogen-bond acceptors (Lipinski definition) is 4. The van der Waals surface area contributed by atoms with Crippen molar-refractivity contribution in [1.29, 1.82) is 0 Å². The number of nitrogens with zero attached hydrogens (tertiary/aromatic N) is 3. The smallest absolute Gasteiger partial charge is 0.330 e. The molecule has 0 spiro atoms. The first-order valence-electron chi connectivity index (χ1n) is 6.46. The molecule has 3 aromatic heterocycles. The molecule has 0 saturated heterocycles. The van der Waals surface area contributed by atoms with Crippen LogP contribution in [-0.4, -0.2) is 20.0 Å². The van der Waals surface area contributed by atoms with Gasteiger partial charge in [-0.05, 0) is 24.3 Å². The molecule has 1 amide bonds. The van der Waals surface area contributed by atoms with Crippen LogP contribution in [0.2, 0.25) is 0 Å². The van der Waals surface area contributed by atoms with Crippen molar-refractivity contribution in [1.82, 2.24) is 19.4 Å². The zero-order valence-corrected chi connectivity index (χ0v) is 11.4. The third-order valence-electron chi connectivity index (χ3n) is 3.23. The number of furan rings is 1. The monoisotopic (exact) mass is 286 g/mol. The number of amides is 1. The second-order valence-corrected chi connectivity index (χ2v) is 4.63. The number of imidazole rings is 1. The van der Waals surface area contributed by atoms with Gasteiger partial charge in [0.15, 0.2) is 5.65 Å². The fourth-order valence-electron chi connectivity index (χ4n) is 2.18. The zero-order chi connectivity index (χ0) is 14.8. The molecular formula is C14H14N4O3. The molecule has 0 aromatic carbocycles. The molecule has 1 N–H and O–H groups in total. The maximum Gasteiger partial charge on any atom is 0.330 e. The van der Waals surface area contributed by atoms with Gasteiger partial charge in [0.25, 0.3) is 0 Å². The zero-order valence-electron chi connectivity index (χ0n) is 11.4. The number of carbonyl (C=O) groups is 1. The minimum atomic E-state index is -0.267. The first-order valence-corrected chi connectivity index (χ1v) is 6.46. The van der Waals surface area contributed by atoms with Crippen molar-refractivity contribution < 1.29 is 9.21 Å². The lowest BCUT2D eigenvalue weighted by Gasteiger charge is -2.04. The van der Waals surface area contributed by atoms with E-state index < -0.39 is 0 Å². The minimum absolute atomic E-state index is 0.0530. The van der Waals surface area contributed by atoms with Gasteiger partial charge in [0, 0.05) is 13.2 Å². The molecule has 7 heteroatoms. The summed E-state index contributed by atoms with van der Waals surface area (Å²) in [5, 5.41) is 2.71. The summed E-state index contributed by atoms with van der Waals surface area (Å²) in [6, 6.07) is 7.03. The number of pyridine rings is 1. The van der Waals surface area contributed by atoms with E-state index in [0.29, 0.717) is 23.5 Å². The molecule has 0 unspecified atom stereocenters. The van der Waals surface area contributed by atoms with Gasteiger partial charge in [-0.1, -0.05) is 0 Å². The van der Waals surface area contributed by atoms with Crippen molar-refractivity contribution >= 4 is 17.1 Å². The Labute approximate surface area is 119 Å². The van der Waals surface area contributed by atoms with E-state index in [1.165, 1.54) is 9.13 Å². The summed E-state index contributed by atoms with van der Waals surface area (Å²) >= 11 is 0. The Bertz CT molecular complexity index is 830. The van der Waals surface area contributed by atoms with Gasteiger partial charge in [0.05, 0.1) is 18.3 Å². The maximum absolute atomic E-state index is 12.1. The summed E-state index contributed by atoms with van der Waals surface area (Å²) in [4.78, 5) is 28.3. The van der Waals surface area contributed by atoms with Gasteiger partial charge >= 0.3 is 5.69 Å². The largest absolute Gasteiger partial charge is 0.467 e. The molecule has 0 atom stereocenters. The van der Waals surface area contributed by atoms with Crippen molar-refractivity contribution in [2.75, 3.05) is 0 Å². The highest BCUT2D eigenvalue weighted by molar-refractivity contribution is 5.79. The number of aryl methyl sites for hydroxylation is 1. The number of fused-ring (bicyclic) bond motifs is 1. The molecule has 0 saturated carbocycles. The predicted octanol–water partition coefficient (Wildman–Crippen LogP) is 0.644. The van der Waals surface area contributed by atoms with E-state index >= 15 is 0 Å². The molecule has 0 aliphatic rings. The lowest BCUT2D eigenvalue weighted by atomic mass is 10.4. The van der Waals surface area contributed by atoms with Crippen LogP contribution in [0.25, 0.3) is 11.2 Å². The third-order valence-corrected chi connectivity index (χ3v) is 3.23. The Morgan fingerprint density at radius 2 is 2.24 bits per heavy atom. The Morgan fingerprint density at radius 1 is 1.38 bits per heavy atom. The highest BCUT2D eigenvalue weighted by Crippen LogP contribution is 2.08. The summed E-state index contributed by atoms with van der Waals surface area (Å²) in [6.45, 7) is 0.242. The van der Waals surface area contributed by atoms with E-state index in [2.05, 4.69) is 10.3 Å².